The summed E-state index contributed by atoms with van der Waals surface area (Å²) in [5.41, 5.74) is 3.77. The predicted molar refractivity (Wildman–Crippen MR) is 196 cm³/mol. The average molecular weight is 708 g/mol. The quantitative estimate of drug-likeness (QED) is 0.126. The van der Waals surface area contributed by atoms with E-state index in [1.807, 2.05) is 0 Å². The molecule has 3 aliphatic heterocycles. The number of phenolic OH excluding ortho intramolecular Hbond substituents is 1. The zero-order valence-electron chi connectivity index (χ0n) is 30.0. The molecule has 3 heterocycles. The molecule has 0 aromatic heterocycles. The van der Waals surface area contributed by atoms with Crippen molar-refractivity contribution in [2.75, 3.05) is 77.5 Å². The molecule has 3 fully saturated rings. The number of fused-ring (bicyclic) bond motifs is 1. The van der Waals surface area contributed by atoms with E-state index in [1.54, 1.807) is 6.07 Å². The summed E-state index contributed by atoms with van der Waals surface area (Å²) < 4.78 is 18.1. The predicted octanol–water partition coefficient (Wildman–Crippen LogP) is 4.39. The Morgan fingerprint density at radius 2 is 1.96 bits per heavy atom. The van der Waals surface area contributed by atoms with Gasteiger partial charge in [0.2, 0.25) is 0 Å². The van der Waals surface area contributed by atoms with Gasteiger partial charge in [0.15, 0.2) is 12.4 Å². The lowest BCUT2D eigenvalue weighted by molar-refractivity contribution is -0.118. The van der Waals surface area contributed by atoms with Gasteiger partial charge in [-0.25, -0.2) is 4.79 Å². The third-order valence-corrected chi connectivity index (χ3v) is 11.1. The van der Waals surface area contributed by atoms with Crippen LogP contribution in [-0.2, 0) is 33.7 Å². The van der Waals surface area contributed by atoms with Crippen LogP contribution in [0.5, 0.6) is 11.5 Å². The van der Waals surface area contributed by atoms with E-state index in [1.165, 1.54) is 34.9 Å². The highest BCUT2D eigenvalue weighted by atomic mass is 16.5. The second-order valence-corrected chi connectivity index (χ2v) is 14.8. The highest BCUT2D eigenvalue weighted by Crippen LogP contribution is 2.39. The van der Waals surface area contributed by atoms with Crippen LogP contribution in [0, 0.1) is 5.92 Å². The minimum absolute atomic E-state index is 0.0498. The topological polar surface area (TPSA) is 145 Å². The molecule has 2 aromatic carbocycles. The van der Waals surface area contributed by atoms with Crippen molar-refractivity contribution in [3.63, 3.8) is 0 Å². The number of phenols is 1. The fraction of sp³-hybridized carbons (Fsp3) is 0.641. The number of aromatic hydroxyl groups is 1. The van der Waals surface area contributed by atoms with Gasteiger partial charge in [-0.05, 0) is 86.6 Å². The monoisotopic (exact) mass is 707 g/mol. The van der Waals surface area contributed by atoms with Gasteiger partial charge in [-0.3, -0.25) is 9.69 Å². The Balaban J connectivity index is 0.834. The smallest absolute Gasteiger partial charge is 0.407 e. The molecule has 6 rings (SSSR count). The highest BCUT2D eigenvalue weighted by Gasteiger charge is 2.37. The maximum atomic E-state index is 11.9. The van der Waals surface area contributed by atoms with Gasteiger partial charge in [-0.15, -0.1) is 0 Å². The number of morpholine rings is 1. The molecule has 0 bridgehead atoms. The number of hydrogen-bond acceptors (Lipinski definition) is 9. The molecule has 12 nitrogen and oxygen atoms in total. The van der Waals surface area contributed by atoms with Crippen LogP contribution < -0.4 is 20.7 Å². The molecule has 280 valence electrons. The number of hydrogen-bond donors (Lipinski definition) is 5. The van der Waals surface area contributed by atoms with Gasteiger partial charge in [-0.2, -0.15) is 0 Å². The lowest BCUT2D eigenvalue weighted by atomic mass is 9.84. The Morgan fingerprint density at radius 1 is 1.10 bits per heavy atom. The summed E-state index contributed by atoms with van der Waals surface area (Å²) in [4.78, 5) is 27.5. The molecule has 2 aromatic rings. The minimum Gasteiger partial charge on any atom is -0.506 e. The second-order valence-electron chi connectivity index (χ2n) is 14.8. The van der Waals surface area contributed by atoms with Crippen LogP contribution in [0.4, 0.5) is 10.5 Å². The van der Waals surface area contributed by atoms with Gasteiger partial charge in [0.1, 0.15) is 11.4 Å². The number of likely N-dealkylation sites (tertiary alicyclic amines) is 1. The molecule has 1 saturated carbocycles. The molecular formula is C39H57N5O7. The minimum atomic E-state index is -0.974. The molecule has 2 atom stereocenters. The molecule has 2 unspecified atom stereocenters. The number of carbonyl (C=O) groups is 2. The van der Waals surface area contributed by atoms with Gasteiger partial charge in [0.05, 0.1) is 24.9 Å². The third-order valence-electron chi connectivity index (χ3n) is 11.1. The van der Waals surface area contributed by atoms with E-state index >= 15 is 0 Å². The number of benzene rings is 2. The first-order valence-electron chi connectivity index (χ1n) is 19.1. The number of rotatable bonds is 16. The first kappa shape index (κ1) is 37.3. The van der Waals surface area contributed by atoms with E-state index in [0.29, 0.717) is 37.3 Å². The van der Waals surface area contributed by atoms with Crippen LogP contribution >= 0.6 is 0 Å². The molecule has 4 aliphatic rings. The molecule has 1 aliphatic carbocycles. The SMILES string of the molecule is O=C1COc2c(CCN(CCNCCCC3CCCC(OCCc4cccc(CN5CCC6(CC5)CNCCO6)c4)C3)C(=O)O)ccc(O)c2N1. The number of carboxylic acid groups (broad SMARTS) is 1. The van der Waals surface area contributed by atoms with Gasteiger partial charge in [-0.1, -0.05) is 43.2 Å². The number of anilines is 1. The van der Waals surface area contributed by atoms with Crippen molar-refractivity contribution in [1.82, 2.24) is 20.4 Å². The van der Waals surface area contributed by atoms with Crippen LogP contribution in [0.25, 0.3) is 0 Å². The normalized spacial score (nSPS) is 21.8. The molecule has 2 amide bonds. The molecule has 5 N–H and O–H groups in total. The maximum Gasteiger partial charge on any atom is 0.407 e. The van der Waals surface area contributed by atoms with Crippen molar-refractivity contribution >= 4 is 17.7 Å². The summed E-state index contributed by atoms with van der Waals surface area (Å²) >= 11 is 0. The Labute approximate surface area is 302 Å². The van der Waals surface area contributed by atoms with Gasteiger partial charge < -0.3 is 45.3 Å². The van der Waals surface area contributed by atoms with Crippen LogP contribution in [0.3, 0.4) is 0 Å². The third kappa shape index (κ3) is 10.8. The second kappa shape index (κ2) is 18.4. The Morgan fingerprint density at radius 3 is 2.78 bits per heavy atom. The lowest BCUT2D eigenvalue weighted by Crippen LogP contribution is -2.55. The Bertz CT molecular complexity index is 1440. The summed E-state index contributed by atoms with van der Waals surface area (Å²) in [7, 11) is 0. The van der Waals surface area contributed by atoms with Crippen LogP contribution in [0.2, 0.25) is 0 Å². The van der Waals surface area contributed by atoms with E-state index in [4.69, 9.17) is 14.2 Å². The number of piperidine rings is 1. The first-order chi connectivity index (χ1) is 24.9. The van der Waals surface area contributed by atoms with Crippen molar-refractivity contribution in [3.8, 4) is 11.5 Å². The average Bonchev–Trinajstić information content (AvgIpc) is 3.13. The van der Waals surface area contributed by atoms with E-state index in [0.717, 1.165) is 103 Å². The van der Waals surface area contributed by atoms with Crippen molar-refractivity contribution in [2.24, 2.45) is 5.92 Å². The highest BCUT2D eigenvalue weighted by molar-refractivity contribution is 5.97. The van der Waals surface area contributed by atoms with Gasteiger partial charge >= 0.3 is 6.09 Å². The van der Waals surface area contributed by atoms with Crippen molar-refractivity contribution < 1.29 is 34.0 Å². The van der Waals surface area contributed by atoms with Crippen LogP contribution in [0.1, 0.15) is 68.1 Å². The molecular weight excluding hydrogens is 650 g/mol. The number of nitrogens with one attached hydrogen (secondary N) is 3. The summed E-state index contributed by atoms with van der Waals surface area (Å²) in [6, 6.07) is 12.2. The zero-order chi connectivity index (χ0) is 35.5. The molecule has 51 heavy (non-hydrogen) atoms. The number of carbonyl (C=O) groups excluding carboxylic acids is 1. The van der Waals surface area contributed by atoms with Crippen molar-refractivity contribution in [3.05, 3.63) is 53.1 Å². The number of nitrogens with zero attached hydrogens (tertiary/aromatic N) is 2. The standard InChI is InChI=1S/C39H57N5O7/c45-34-10-9-32(37-36(34)42-35(46)27-50-37)11-18-44(38(47)48)21-16-40-15-3-7-29-5-2-8-33(25-29)49-22-12-30-4-1-6-31(24-30)26-43-19-13-39(14-20-43)28-41-17-23-51-39/h1,4,6,9-10,24,29,33,40-41,45H,2-3,5,7-8,11-23,25-28H2,(H,42,46)(H,47,48). The fourth-order valence-electron chi connectivity index (χ4n) is 8.11. The van der Waals surface area contributed by atoms with Crippen LogP contribution in [-0.4, -0.2) is 116 Å². The van der Waals surface area contributed by atoms with Crippen molar-refractivity contribution in [1.29, 1.82) is 0 Å². The molecule has 12 heteroatoms. The Kier molecular flexibility index (Phi) is 13.5. The van der Waals surface area contributed by atoms with Crippen LogP contribution in [0.15, 0.2) is 36.4 Å². The summed E-state index contributed by atoms with van der Waals surface area (Å²) in [6.07, 6.45) is 9.86. The van der Waals surface area contributed by atoms with E-state index in [9.17, 15) is 19.8 Å². The van der Waals surface area contributed by atoms with E-state index in [2.05, 4.69) is 45.1 Å². The molecule has 0 radical (unpaired) electrons. The van der Waals surface area contributed by atoms with E-state index < -0.39 is 6.09 Å². The number of amides is 2. The van der Waals surface area contributed by atoms with Gasteiger partial charge in [0.25, 0.3) is 5.91 Å². The Hall–Kier alpha value is -3.42. The summed E-state index contributed by atoms with van der Waals surface area (Å²) in [6.45, 7) is 8.68. The lowest BCUT2D eigenvalue weighted by Gasteiger charge is -2.44. The largest absolute Gasteiger partial charge is 0.506 e. The fourth-order valence-corrected chi connectivity index (χ4v) is 8.11. The summed E-state index contributed by atoms with van der Waals surface area (Å²) in [5, 5.41) is 29.4. The molecule has 1 spiro atoms. The number of ether oxygens (including phenoxy) is 3. The van der Waals surface area contributed by atoms with Gasteiger partial charge in [0, 0.05) is 52.4 Å². The maximum absolute atomic E-state index is 11.9. The molecule has 2 saturated heterocycles. The van der Waals surface area contributed by atoms with E-state index in [-0.39, 0.29) is 36.1 Å². The zero-order valence-corrected chi connectivity index (χ0v) is 30.0. The first-order valence-corrected chi connectivity index (χ1v) is 19.1. The summed E-state index contributed by atoms with van der Waals surface area (Å²) in [5.74, 6) is 0.678. The van der Waals surface area contributed by atoms with Crippen molar-refractivity contribution in [2.45, 2.75) is 82.5 Å².